The maximum absolute atomic E-state index is 5.23. The van der Waals surface area contributed by atoms with Crippen LogP contribution < -0.4 is 0 Å². The molecule has 1 aliphatic heterocycles. The lowest BCUT2D eigenvalue weighted by Gasteiger charge is -2.09. The van der Waals surface area contributed by atoms with Crippen LogP contribution in [0.5, 0.6) is 0 Å². The molecule has 0 aliphatic carbocycles. The number of hydrogen-bond acceptors (Lipinski definition) is 3. The van der Waals surface area contributed by atoms with Crippen molar-refractivity contribution in [3.8, 4) is 0 Å². The van der Waals surface area contributed by atoms with Gasteiger partial charge in [-0.15, -0.1) is 0 Å². The van der Waals surface area contributed by atoms with Crippen molar-refractivity contribution in [2.45, 2.75) is 37.8 Å². The normalized spacial score (nSPS) is 21.0. The van der Waals surface area contributed by atoms with Gasteiger partial charge < -0.3 is 13.6 Å². The lowest BCUT2D eigenvalue weighted by molar-refractivity contribution is 0.276. The fourth-order valence-corrected chi connectivity index (χ4v) is 2.71. The molecular weight excluding hydrogens is 184 g/mol. The van der Waals surface area contributed by atoms with Crippen molar-refractivity contribution in [2.75, 3.05) is 20.8 Å². The minimum atomic E-state index is -1.27. The first-order valence-electron chi connectivity index (χ1n) is 5.04. The zero-order chi connectivity index (χ0) is 9.52. The van der Waals surface area contributed by atoms with Gasteiger partial charge in [0.25, 0.3) is 0 Å². The largest absolute Gasteiger partial charge is 0.400 e. The Kier molecular flexibility index (Phi) is 5.62. The lowest BCUT2D eigenvalue weighted by Crippen LogP contribution is -2.18. The molecular formula is C9H20O3Si. The Morgan fingerprint density at radius 3 is 2.46 bits per heavy atom. The average molecular weight is 204 g/mol. The fraction of sp³-hybridized carbons (Fsp3) is 1.00. The zero-order valence-corrected chi connectivity index (χ0v) is 9.78. The van der Waals surface area contributed by atoms with Crippen LogP contribution in [0.25, 0.3) is 0 Å². The van der Waals surface area contributed by atoms with E-state index in [1.807, 2.05) is 0 Å². The summed E-state index contributed by atoms with van der Waals surface area (Å²) in [5.41, 5.74) is 0. The van der Waals surface area contributed by atoms with Gasteiger partial charge in [-0.3, -0.25) is 0 Å². The number of unbranched alkanes of at least 4 members (excludes halogenated alkanes) is 2. The molecule has 78 valence electrons. The summed E-state index contributed by atoms with van der Waals surface area (Å²) >= 11 is 0. The van der Waals surface area contributed by atoms with Gasteiger partial charge in [0.1, 0.15) is 0 Å². The Hall–Kier alpha value is 0.0969. The summed E-state index contributed by atoms with van der Waals surface area (Å²) in [5, 5.41) is 0. The van der Waals surface area contributed by atoms with Crippen LogP contribution in [0.2, 0.25) is 6.04 Å². The van der Waals surface area contributed by atoms with Gasteiger partial charge in [0.15, 0.2) is 0 Å². The van der Waals surface area contributed by atoms with Crippen LogP contribution in [0.4, 0.5) is 0 Å². The van der Waals surface area contributed by atoms with E-state index in [0.29, 0.717) is 6.10 Å². The maximum Gasteiger partial charge on any atom is 0.320 e. The van der Waals surface area contributed by atoms with Crippen LogP contribution in [0.3, 0.4) is 0 Å². The third-order valence-electron chi connectivity index (χ3n) is 2.39. The average Bonchev–Trinajstić information content (AvgIpc) is 2.95. The third kappa shape index (κ3) is 5.41. The molecule has 0 spiro atoms. The van der Waals surface area contributed by atoms with Gasteiger partial charge in [-0.2, -0.15) is 0 Å². The van der Waals surface area contributed by atoms with Crippen molar-refractivity contribution in [1.82, 2.24) is 0 Å². The van der Waals surface area contributed by atoms with E-state index in [-0.39, 0.29) is 0 Å². The molecule has 1 saturated heterocycles. The highest BCUT2D eigenvalue weighted by Gasteiger charge is 2.21. The second-order valence-electron chi connectivity index (χ2n) is 3.49. The molecule has 1 fully saturated rings. The van der Waals surface area contributed by atoms with Crippen LogP contribution in [0.1, 0.15) is 25.7 Å². The van der Waals surface area contributed by atoms with Crippen LogP contribution in [-0.4, -0.2) is 36.2 Å². The van der Waals surface area contributed by atoms with Crippen molar-refractivity contribution in [2.24, 2.45) is 0 Å². The van der Waals surface area contributed by atoms with Crippen molar-refractivity contribution >= 4 is 9.28 Å². The van der Waals surface area contributed by atoms with Crippen molar-refractivity contribution < 1.29 is 13.6 Å². The fourth-order valence-electron chi connectivity index (χ4n) is 1.43. The summed E-state index contributed by atoms with van der Waals surface area (Å²) in [4.78, 5) is 0. The molecule has 0 aromatic carbocycles. The second kappa shape index (κ2) is 6.54. The van der Waals surface area contributed by atoms with Crippen LogP contribution in [-0.2, 0) is 13.6 Å². The molecule has 0 saturated carbocycles. The van der Waals surface area contributed by atoms with Gasteiger partial charge in [-0.25, -0.2) is 0 Å². The van der Waals surface area contributed by atoms with Crippen LogP contribution in [0.15, 0.2) is 0 Å². The van der Waals surface area contributed by atoms with Crippen LogP contribution >= 0.6 is 0 Å². The first-order chi connectivity index (χ1) is 6.36. The number of epoxide rings is 1. The molecule has 1 heterocycles. The molecule has 1 rings (SSSR count). The standard InChI is InChI=1S/C9H20O3Si/c1-10-13(11-2)7-5-3-4-6-9-8-12-9/h9,13H,3-8H2,1-2H3. The van der Waals surface area contributed by atoms with E-state index in [1.54, 1.807) is 14.2 Å². The van der Waals surface area contributed by atoms with E-state index in [0.717, 1.165) is 12.7 Å². The van der Waals surface area contributed by atoms with Gasteiger partial charge in [0.05, 0.1) is 12.7 Å². The van der Waals surface area contributed by atoms with E-state index in [4.69, 9.17) is 13.6 Å². The lowest BCUT2D eigenvalue weighted by atomic mass is 10.2. The molecule has 0 radical (unpaired) electrons. The van der Waals surface area contributed by atoms with E-state index >= 15 is 0 Å². The highest BCUT2D eigenvalue weighted by molar-refractivity contribution is 6.44. The molecule has 0 bridgehead atoms. The van der Waals surface area contributed by atoms with Gasteiger partial charge in [0.2, 0.25) is 0 Å². The summed E-state index contributed by atoms with van der Waals surface area (Å²) < 4.78 is 15.6. The Labute approximate surface area is 82.2 Å². The third-order valence-corrected chi connectivity index (χ3v) is 4.33. The molecule has 0 aromatic rings. The molecule has 1 unspecified atom stereocenters. The molecule has 0 amide bonds. The number of rotatable bonds is 8. The van der Waals surface area contributed by atoms with E-state index in [2.05, 4.69) is 0 Å². The molecule has 4 heteroatoms. The second-order valence-corrected chi connectivity index (χ2v) is 5.87. The minimum absolute atomic E-state index is 0.595. The van der Waals surface area contributed by atoms with Gasteiger partial charge >= 0.3 is 9.28 Å². The quantitative estimate of drug-likeness (QED) is 0.341. The highest BCUT2D eigenvalue weighted by atomic mass is 28.3. The van der Waals surface area contributed by atoms with Gasteiger partial charge in [0, 0.05) is 14.2 Å². The van der Waals surface area contributed by atoms with E-state index in [1.165, 1.54) is 25.7 Å². The van der Waals surface area contributed by atoms with Gasteiger partial charge in [-0.1, -0.05) is 19.3 Å². The minimum Gasteiger partial charge on any atom is -0.400 e. The van der Waals surface area contributed by atoms with E-state index in [9.17, 15) is 0 Å². The Bertz CT molecular complexity index is 124. The van der Waals surface area contributed by atoms with Gasteiger partial charge in [-0.05, 0) is 12.5 Å². The Morgan fingerprint density at radius 1 is 1.23 bits per heavy atom. The first-order valence-corrected chi connectivity index (χ1v) is 6.80. The predicted octanol–water partition coefficient (Wildman–Crippen LogP) is 1.46. The Balaban J connectivity index is 1.81. The molecule has 1 aliphatic rings. The highest BCUT2D eigenvalue weighted by Crippen LogP contribution is 2.17. The smallest absolute Gasteiger partial charge is 0.320 e. The Morgan fingerprint density at radius 2 is 1.92 bits per heavy atom. The number of hydrogen-bond donors (Lipinski definition) is 0. The summed E-state index contributed by atoms with van der Waals surface area (Å²) in [7, 11) is 2.22. The predicted molar refractivity (Wildman–Crippen MR) is 54.2 cm³/mol. The molecule has 0 aromatic heterocycles. The summed E-state index contributed by atoms with van der Waals surface area (Å²) in [6, 6.07) is 1.14. The van der Waals surface area contributed by atoms with Crippen molar-refractivity contribution in [3.63, 3.8) is 0 Å². The van der Waals surface area contributed by atoms with E-state index < -0.39 is 9.28 Å². The topological polar surface area (TPSA) is 31.0 Å². The van der Waals surface area contributed by atoms with Crippen LogP contribution in [0, 0.1) is 0 Å². The summed E-state index contributed by atoms with van der Waals surface area (Å²) in [5.74, 6) is 0. The molecule has 1 atom stereocenters. The molecule has 3 nitrogen and oxygen atoms in total. The molecule has 13 heavy (non-hydrogen) atoms. The molecule has 0 N–H and O–H groups in total. The number of ether oxygens (including phenoxy) is 1. The SMILES string of the molecule is CO[SiH](CCCCCC1CO1)OC. The zero-order valence-electron chi connectivity index (χ0n) is 8.62. The summed E-state index contributed by atoms with van der Waals surface area (Å²) in [6.45, 7) is 0.994. The maximum atomic E-state index is 5.23. The first kappa shape index (κ1) is 11.2. The summed E-state index contributed by atoms with van der Waals surface area (Å²) in [6.07, 6.45) is 5.66. The van der Waals surface area contributed by atoms with Crippen molar-refractivity contribution in [3.05, 3.63) is 0 Å². The monoisotopic (exact) mass is 204 g/mol. The van der Waals surface area contributed by atoms with Crippen molar-refractivity contribution in [1.29, 1.82) is 0 Å².